The second-order valence-corrected chi connectivity index (χ2v) is 12.5. The van der Waals surface area contributed by atoms with Crippen LogP contribution in [0.3, 0.4) is 0 Å². The Morgan fingerprint density at radius 1 is 1.13 bits per heavy atom. The minimum Gasteiger partial charge on any atom is -0.392 e. The van der Waals surface area contributed by atoms with E-state index in [0.717, 1.165) is 37.0 Å². The smallest absolute Gasteiger partial charge is 0.310 e. The highest BCUT2D eigenvalue weighted by molar-refractivity contribution is 8.45. The molecule has 0 spiro atoms. The molecule has 210 valence electrons. The van der Waals surface area contributed by atoms with Crippen LogP contribution in [0.4, 0.5) is 25.1 Å². The topological polar surface area (TPSA) is 94.6 Å². The minimum atomic E-state index is -10.1. The van der Waals surface area contributed by atoms with Gasteiger partial charge in [0.05, 0.1) is 22.9 Å². The lowest BCUT2D eigenvalue weighted by molar-refractivity contribution is -0.128. The Bertz CT molecular complexity index is 1200. The monoisotopic (exact) mass is 582 g/mol. The van der Waals surface area contributed by atoms with Gasteiger partial charge in [0.2, 0.25) is 11.8 Å². The molecular weight excluding hydrogens is 555 g/mol. The number of carbonyl (C=O) groups is 2. The highest BCUT2D eigenvalue weighted by Gasteiger charge is 2.65. The van der Waals surface area contributed by atoms with Crippen molar-refractivity contribution in [2.45, 2.75) is 67.6 Å². The average molecular weight is 583 g/mol. The van der Waals surface area contributed by atoms with Crippen LogP contribution >= 0.6 is 21.8 Å². The SMILES string of the molecule is O=C(NC1CCCCC1)C(c1cccnc1)N(C(=O)[C@H]1C[C@@H](O)CN1)c1ccc(S(F)(F)(F)(F)F)cc1Cl. The lowest BCUT2D eigenvalue weighted by Crippen LogP contribution is -2.51. The van der Waals surface area contributed by atoms with Crippen molar-refractivity contribution in [1.29, 1.82) is 0 Å². The molecule has 1 aliphatic carbocycles. The number of halogens is 6. The number of aliphatic hydroxyl groups excluding tert-OH is 1. The fourth-order valence-electron chi connectivity index (χ4n) is 4.86. The number of β-amino-alcohol motifs (C(OH)–C–C–N with tert-alkyl or cyclic N) is 1. The summed E-state index contributed by atoms with van der Waals surface area (Å²) in [5, 5.41) is 14.9. The number of aromatic nitrogens is 1. The summed E-state index contributed by atoms with van der Waals surface area (Å²) in [6.07, 6.45) is 6.13. The summed E-state index contributed by atoms with van der Waals surface area (Å²) in [7, 11) is -10.1. The highest BCUT2D eigenvalue weighted by atomic mass is 35.5. The first-order valence-corrected chi connectivity index (χ1v) is 14.5. The highest BCUT2D eigenvalue weighted by Crippen LogP contribution is 3.02. The van der Waals surface area contributed by atoms with Crippen molar-refractivity contribution < 1.29 is 34.1 Å². The maximum Gasteiger partial charge on any atom is 0.310 e. The number of amides is 2. The summed E-state index contributed by atoms with van der Waals surface area (Å²) in [4.78, 5) is 30.2. The van der Waals surface area contributed by atoms with Gasteiger partial charge in [-0.15, -0.1) is 0 Å². The van der Waals surface area contributed by atoms with E-state index in [1.165, 1.54) is 24.5 Å². The zero-order chi connectivity index (χ0) is 27.8. The summed E-state index contributed by atoms with van der Waals surface area (Å²) in [6, 6.07) is 1.31. The van der Waals surface area contributed by atoms with Crippen molar-refractivity contribution >= 4 is 39.3 Å². The first-order chi connectivity index (χ1) is 17.6. The molecule has 1 aromatic heterocycles. The Kier molecular flexibility index (Phi) is 7.45. The molecule has 2 aromatic rings. The molecule has 0 radical (unpaired) electrons. The molecular formula is C24H28ClF5N4O3S. The van der Waals surface area contributed by atoms with E-state index >= 15 is 0 Å². The van der Waals surface area contributed by atoms with Crippen LogP contribution < -0.4 is 15.5 Å². The molecule has 0 bridgehead atoms. The zero-order valence-electron chi connectivity index (χ0n) is 20.1. The number of hydrogen-bond acceptors (Lipinski definition) is 5. The van der Waals surface area contributed by atoms with Gasteiger partial charge in [-0.1, -0.05) is 56.4 Å². The Balaban J connectivity index is 1.82. The van der Waals surface area contributed by atoms with E-state index in [9.17, 15) is 34.1 Å². The number of carbonyl (C=O) groups excluding carboxylic acids is 2. The standard InChI is InChI=1S/C24H28ClF5N4O3S/c25-19-12-18(38(26,27,28,29)30)8-9-21(19)34(24(37)20-11-17(35)14-32-20)22(15-5-4-10-31-13-15)23(36)33-16-6-2-1-3-7-16/h4-5,8-10,12-13,16-17,20,22,32,35H,1-3,6-7,11,14H2,(H,33,36)/t17-,20-,22?/m1/s1. The fourth-order valence-corrected chi connectivity index (χ4v) is 5.87. The van der Waals surface area contributed by atoms with Gasteiger partial charge >= 0.3 is 10.2 Å². The van der Waals surface area contributed by atoms with Crippen LogP contribution in [-0.4, -0.2) is 46.6 Å². The van der Waals surface area contributed by atoms with Gasteiger partial charge in [0.1, 0.15) is 10.9 Å². The molecule has 2 heterocycles. The van der Waals surface area contributed by atoms with Crippen LogP contribution in [0.2, 0.25) is 5.02 Å². The number of pyridine rings is 1. The Morgan fingerprint density at radius 3 is 2.39 bits per heavy atom. The molecule has 3 atom stereocenters. The summed E-state index contributed by atoms with van der Waals surface area (Å²) >= 11 is 6.14. The average Bonchev–Trinajstić information content (AvgIpc) is 3.28. The van der Waals surface area contributed by atoms with Gasteiger partial charge in [-0.3, -0.25) is 19.5 Å². The van der Waals surface area contributed by atoms with Crippen LogP contribution in [-0.2, 0) is 9.59 Å². The molecule has 2 fully saturated rings. The number of aliphatic hydroxyl groups is 1. The molecule has 3 N–H and O–H groups in total. The first kappa shape index (κ1) is 28.5. The molecule has 1 saturated heterocycles. The van der Waals surface area contributed by atoms with E-state index in [0.29, 0.717) is 6.07 Å². The van der Waals surface area contributed by atoms with E-state index in [1.807, 2.05) is 0 Å². The van der Waals surface area contributed by atoms with Crippen molar-refractivity contribution in [1.82, 2.24) is 15.6 Å². The molecule has 38 heavy (non-hydrogen) atoms. The lowest BCUT2D eigenvalue weighted by atomic mass is 9.94. The molecule has 2 amide bonds. The molecule has 2 aliphatic rings. The van der Waals surface area contributed by atoms with Crippen molar-refractivity contribution in [3.05, 3.63) is 53.3 Å². The van der Waals surface area contributed by atoms with Gasteiger partial charge in [-0.2, -0.15) is 0 Å². The van der Waals surface area contributed by atoms with Crippen LogP contribution in [0.5, 0.6) is 0 Å². The van der Waals surface area contributed by atoms with E-state index in [4.69, 9.17) is 11.6 Å². The second kappa shape index (κ2) is 9.92. The second-order valence-electron chi connectivity index (χ2n) is 9.67. The lowest BCUT2D eigenvalue weighted by Gasteiger charge is -2.41. The Hall–Kier alpha value is -2.48. The fraction of sp³-hybridized carbons (Fsp3) is 0.458. The largest absolute Gasteiger partial charge is 0.392 e. The predicted octanol–water partition coefficient (Wildman–Crippen LogP) is 5.64. The van der Waals surface area contributed by atoms with Crippen molar-refractivity contribution in [3.8, 4) is 0 Å². The van der Waals surface area contributed by atoms with Crippen molar-refractivity contribution in [2.24, 2.45) is 0 Å². The number of nitrogens with one attached hydrogen (secondary N) is 2. The summed E-state index contributed by atoms with van der Waals surface area (Å²) in [6.45, 7) is 0.0764. The maximum absolute atomic E-state index is 13.8. The molecule has 4 rings (SSSR count). The molecule has 7 nitrogen and oxygen atoms in total. The zero-order valence-corrected chi connectivity index (χ0v) is 21.7. The van der Waals surface area contributed by atoms with Crippen molar-refractivity contribution in [2.75, 3.05) is 11.4 Å². The summed E-state index contributed by atoms with van der Waals surface area (Å²) < 4.78 is 67.4. The normalized spacial score (nSPS) is 23.2. The van der Waals surface area contributed by atoms with Gasteiger partial charge in [-0.05, 0) is 43.5 Å². The third-order valence-corrected chi connectivity index (χ3v) is 8.17. The maximum atomic E-state index is 13.8. The van der Waals surface area contributed by atoms with E-state index < -0.39 is 50.1 Å². The number of anilines is 1. The van der Waals surface area contributed by atoms with Crippen LogP contribution in [0.25, 0.3) is 0 Å². The van der Waals surface area contributed by atoms with Crippen LogP contribution in [0.15, 0.2) is 47.6 Å². The van der Waals surface area contributed by atoms with Crippen LogP contribution in [0.1, 0.15) is 50.1 Å². The Morgan fingerprint density at radius 2 is 1.84 bits per heavy atom. The summed E-state index contributed by atoms with van der Waals surface area (Å²) in [5.41, 5.74) is -0.126. The summed E-state index contributed by atoms with van der Waals surface area (Å²) in [5.74, 6) is -1.39. The quantitative estimate of drug-likeness (QED) is 0.368. The molecule has 1 unspecified atom stereocenters. The third-order valence-electron chi connectivity index (χ3n) is 6.73. The number of hydrogen-bond donors (Lipinski definition) is 3. The minimum absolute atomic E-state index is 0.0273. The van der Waals surface area contributed by atoms with Gasteiger partial charge < -0.3 is 15.7 Å². The Labute approximate surface area is 221 Å². The molecule has 14 heteroatoms. The van der Waals surface area contributed by atoms with Crippen molar-refractivity contribution in [3.63, 3.8) is 0 Å². The van der Waals surface area contributed by atoms with Gasteiger partial charge in [0.25, 0.3) is 0 Å². The van der Waals surface area contributed by atoms with Gasteiger partial charge in [0.15, 0.2) is 0 Å². The number of benzene rings is 1. The molecule has 1 aromatic carbocycles. The first-order valence-electron chi connectivity index (χ1n) is 12.1. The van der Waals surface area contributed by atoms with Crippen LogP contribution in [0, 0.1) is 0 Å². The van der Waals surface area contributed by atoms with E-state index in [2.05, 4.69) is 15.6 Å². The number of rotatable bonds is 7. The predicted molar refractivity (Wildman–Crippen MR) is 135 cm³/mol. The van der Waals surface area contributed by atoms with E-state index in [1.54, 1.807) is 0 Å². The third kappa shape index (κ3) is 6.56. The van der Waals surface area contributed by atoms with Gasteiger partial charge in [0, 0.05) is 30.5 Å². The number of nitrogens with zero attached hydrogens (tertiary/aromatic N) is 2. The van der Waals surface area contributed by atoms with Gasteiger partial charge in [-0.25, -0.2) is 0 Å². The molecule has 1 saturated carbocycles. The van der Waals surface area contributed by atoms with E-state index in [-0.39, 0.29) is 42.4 Å². The molecule has 1 aliphatic heterocycles.